The van der Waals surface area contributed by atoms with Crippen molar-refractivity contribution in [2.45, 2.75) is 69.7 Å². The molecule has 6 heteroatoms. The van der Waals surface area contributed by atoms with Crippen LogP contribution in [0.4, 0.5) is 0 Å². The molecule has 4 aliphatic carbocycles. The van der Waals surface area contributed by atoms with Gasteiger partial charge >= 0.3 is 0 Å². The number of rotatable bonds is 0. The van der Waals surface area contributed by atoms with E-state index in [1.807, 2.05) is 13.8 Å². The molecule has 10 atom stereocenters. The summed E-state index contributed by atoms with van der Waals surface area (Å²) in [5, 5.41) is 56.0. The molecule has 10 unspecified atom stereocenters. The molecule has 0 amide bonds. The maximum absolute atomic E-state index is 11.7. The maximum Gasteiger partial charge on any atom is 0.203 e. The second kappa shape index (κ2) is 4.73. The van der Waals surface area contributed by atoms with Crippen LogP contribution in [-0.4, -0.2) is 62.3 Å². The molecule has 0 aromatic carbocycles. The lowest BCUT2D eigenvalue weighted by Gasteiger charge is -2.75. The van der Waals surface area contributed by atoms with Gasteiger partial charge < -0.3 is 30.3 Å². The van der Waals surface area contributed by atoms with Crippen molar-refractivity contribution in [1.82, 2.24) is 0 Å². The van der Waals surface area contributed by atoms with Gasteiger partial charge in [-0.15, -0.1) is 0 Å². The number of ether oxygens (including phenoxy) is 1. The molecule has 5 N–H and O–H groups in total. The van der Waals surface area contributed by atoms with Crippen molar-refractivity contribution in [3.8, 4) is 0 Å². The van der Waals surface area contributed by atoms with Crippen molar-refractivity contribution in [2.24, 2.45) is 34.0 Å². The topological polar surface area (TPSA) is 110 Å². The summed E-state index contributed by atoms with van der Waals surface area (Å²) < 4.78 is 5.91. The van der Waals surface area contributed by atoms with Crippen LogP contribution < -0.4 is 0 Å². The van der Waals surface area contributed by atoms with Crippen LogP contribution >= 0.6 is 0 Å². The van der Waals surface area contributed by atoms with Crippen LogP contribution in [0.3, 0.4) is 0 Å². The lowest BCUT2D eigenvalue weighted by molar-refractivity contribution is -0.471. The third kappa shape index (κ3) is 1.45. The van der Waals surface area contributed by atoms with Crippen molar-refractivity contribution >= 4 is 0 Å². The lowest BCUT2D eigenvalue weighted by atomic mass is 9.36. The van der Waals surface area contributed by atoms with Gasteiger partial charge in [0.05, 0.1) is 30.3 Å². The van der Waals surface area contributed by atoms with Gasteiger partial charge in [-0.25, -0.2) is 0 Å². The van der Waals surface area contributed by atoms with Crippen LogP contribution in [0.2, 0.25) is 0 Å². The highest BCUT2D eigenvalue weighted by molar-refractivity contribution is 5.37. The number of fused-ring (bicyclic) bond motifs is 2. The van der Waals surface area contributed by atoms with Gasteiger partial charge in [0.15, 0.2) is 0 Å². The van der Waals surface area contributed by atoms with Gasteiger partial charge in [-0.1, -0.05) is 20.4 Å². The molecule has 4 bridgehead atoms. The normalized spacial score (nSPS) is 62.7. The summed E-state index contributed by atoms with van der Waals surface area (Å²) >= 11 is 0. The summed E-state index contributed by atoms with van der Waals surface area (Å²) in [5.41, 5.74) is -1.89. The molecule has 0 aromatic heterocycles. The Morgan fingerprint density at radius 3 is 2.42 bits per heavy atom. The van der Waals surface area contributed by atoms with Gasteiger partial charge in [0.2, 0.25) is 5.79 Å². The summed E-state index contributed by atoms with van der Waals surface area (Å²) in [6.07, 6.45) is -1.26. The molecule has 4 saturated carbocycles. The summed E-state index contributed by atoms with van der Waals surface area (Å²) in [6, 6.07) is 0. The molecule has 6 aliphatic rings. The summed E-state index contributed by atoms with van der Waals surface area (Å²) in [6.45, 7) is 8.16. The largest absolute Gasteiger partial charge is 0.393 e. The standard InChI is InChI=1S/C20H30O6/c1-9-10-4-5-11-18-7-6-12(21)17(2,3)13(18)16(24)20(25,26-8-18)19(11,14(9)22)15(10)23/h10-16,21-25H,1,4-8H2,2-3H3. The Bertz CT molecular complexity index is 673. The van der Waals surface area contributed by atoms with Gasteiger partial charge in [-0.3, -0.25) is 0 Å². The minimum Gasteiger partial charge on any atom is -0.393 e. The second-order valence-electron chi connectivity index (χ2n) is 10.1. The Morgan fingerprint density at radius 1 is 1.04 bits per heavy atom. The quantitative estimate of drug-likeness (QED) is 0.391. The van der Waals surface area contributed by atoms with Gasteiger partial charge in [-0.05, 0) is 42.6 Å². The predicted molar refractivity (Wildman–Crippen MR) is 91.7 cm³/mol. The van der Waals surface area contributed by atoms with E-state index in [2.05, 4.69) is 6.58 Å². The van der Waals surface area contributed by atoms with E-state index < -0.39 is 46.4 Å². The average molecular weight is 366 g/mol. The fourth-order valence-electron chi connectivity index (χ4n) is 8.15. The van der Waals surface area contributed by atoms with Crippen LogP contribution in [0.1, 0.15) is 39.5 Å². The first-order valence-corrected chi connectivity index (χ1v) is 9.84. The Kier molecular flexibility index (Phi) is 3.20. The summed E-state index contributed by atoms with van der Waals surface area (Å²) in [7, 11) is 0. The first-order chi connectivity index (χ1) is 12.1. The molecular formula is C20H30O6. The van der Waals surface area contributed by atoms with E-state index >= 15 is 0 Å². The highest BCUT2D eigenvalue weighted by atomic mass is 16.6. The molecule has 26 heavy (non-hydrogen) atoms. The molecule has 2 spiro atoms. The molecule has 146 valence electrons. The molecule has 0 radical (unpaired) electrons. The molecule has 2 aliphatic heterocycles. The lowest BCUT2D eigenvalue weighted by Crippen LogP contribution is -2.84. The zero-order chi connectivity index (χ0) is 18.9. The minimum absolute atomic E-state index is 0.186. The number of hydrogen-bond acceptors (Lipinski definition) is 6. The molecule has 2 heterocycles. The van der Waals surface area contributed by atoms with E-state index in [0.29, 0.717) is 24.8 Å². The van der Waals surface area contributed by atoms with E-state index in [0.717, 1.165) is 6.42 Å². The Hall–Kier alpha value is -0.500. The summed E-state index contributed by atoms with van der Waals surface area (Å²) in [4.78, 5) is 0. The molecular weight excluding hydrogens is 336 g/mol. The highest BCUT2D eigenvalue weighted by Gasteiger charge is 2.85. The number of aliphatic hydroxyl groups excluding tert-OH is 4. The maximum atomic E-state index is 11.7. The van der Waals surface area contributed by atoms with Gasteiger partial charge in [-0.2, -0.15) is 0 Å². The average Bonchev–Trinajstić information content (AvgIpc) is 2.69. The van der Waals surface area contributed by atoms with Crippen LogP contribution in [0.25, 0.3) is 0 Å². The number of aliphatic hydroxyl groups is 5. The van der Waals surface area contributed by atoms with Crippen LogP contribution in [0.15, 0.2) is 12.2 Å². The SMILES string of the molecule is C=C1C2CCC3C45CCC(O)C(C)(C)C4C(O)C(O)(OC5)C3(C1O)C2O. The highest BCUT2D eigenvalue weighted by Crippen LogP contribution is 2.77. The molecule has 6 rings (SSSR count). The first kappa shape index (κ1) is 17.6. The van der Waals surface area contributed by atoms with Gasteiger partial charge in [0.1, 0.15) is 6.10 Å². The van der Waals surface area contributed by atoms with Crippen LogP contribution in [-0.2, 0) is 4.74 Å². The Balaban J connectivity index is 1.77. The fraction of sp³-hybridized carbons (Fsp3) is 0.900. The second-order valence-corrected chi connectivity index (χ2v) is 10.1. The molecule has 6 nitrogen and oxygen atoms in total. The predicted octanol–water partition coefficient (Wildman–Crippen LogP) is 0.167. The first-order valence-electron chi connectivity index (χ1n) is 9.84. The van der Waals surface area contributed by atoms with Crippen molar-refractivity contribution in [3.05, 3.63) is 12.2 Å². The van der Waals surface area contributed by atoms with Crippen molar-refractivity contribution in [3.63, 3.8) is 0 Å². The van der Waals surface area contributed by atoms with E-state index in [4.69, 9.17) is 4.74 Å². The zero-order valence-electron chi connectivity index (χ0n) is 15.4. The van der Waals surface area contributed by atoms with Crippen molar-refractivity contribution in [2.75, 3.05) is 6.61 Å². The third-order valence-corrected chi connectivity index (χ3v) is 9.25. The fourth-order valence-corrected chi connectivity index (χ4v) is 8.15. The van der Waals surface area contributed by atoms with E-state index in [1.165, 1.54) is 0 Å². The monoisotopic (exact) mass is 366 g/mol. The smallest absolute Gasteiger partial charge is 0.203 e. The van der Waals surface area contributed by atoms with E-state index in [1.54, 1.807) is 0 Å². The minimum atomic E-state index is -2.05. The molecule has 0 aromatic rings. The van der Waals surface area contributed by atoms with Gasteiger partial charge in [0, 0.05) is 17.3 Å². The van der Waals surface area contributed by atoms with E-state index in [-0.39, 0.29) is 24.4 Å². The Labute approximate surface area is 153 Å². The van der Waals surface area contributed by atoms with Gasteiger partial charge in [0.25, 0.3) is 0 Å². The van der Waals surface area contributed by atoms with E-state index in [9.17, 15) is 25.5 Å². The van der Waals surface area contributed by atoms with Crippen LogP contribution in [0, 0.1) is 34.0 Å². The van der Waals surface area contributed by atoms with Crippen molar-refractivity contribution in [1.29, 1.82) is 0 Å². The molecule has 2 saturated heterocycles. The zero-order valence-corrected chi connectivity index (χ0v) is 15.4. The number of hydrogen-bond donors (Lipinski definition) is 5. The molecule has 6 fully saturated rings. The third-order valence-electron chi connectivity index (χ3n) is 9.25. The van der Waals surface area contributed by atoms with Crippen molar-refractivity contribution < 1.29 is 30.3 Å². The summed E-state index contributed by atoms with van der Waals surface area (Å²) in [5.74, 6) is -2.88. The van der Waals surface area contributed by atoms with Crippen LogP contribution in [0.5, 0.6) is 0 Å². The Morgan fingerprint density at radius 2 is 1.73 bits per heavy atom.